The van der Waals surface area contributed by atoms with Gasteiger partial charge in [0.2, 0.25) is 11.8 Å². The first kappa shape index (κ1) is 24.6. The van der Waals surface area contributed by atoms with Crippen LogP contribution in [0.4, 0.5) is 0 Å². The number of hydrogen-bond acceptors (Lipinski definition) is 10. The quantitative estimate of drug-likeness (QED) is 0.232. The molecule has 0 bridgehead atoms. The molecule has 0 saturated carbocycles. The lowest BCUT2D eigenvalue weighted by molar-refractivity contribution is 0.355. The van der Waals surface area contributed by atoms with Gasteiger partial charge >= 0.3 is 0 Å². The SMILES string of the molecule is COc1ccc(-c2cc(-c3nnc(CSc4nnc(-c5ccncc5)n4C)o3)c3ccccc3n2)cc1OC. The number of hydrogen-bond donors (Lipinski definition) is 0. The van der Waals surface area contributed by atoms with Crippen molar-refractivity contribution < 1.29 is 13.9 Å². The van der Waals surface area contributed by atoms with Crippen LogP contribution in [0.2, 0.25) is 0 Å². The van der Waals surface area contributed by atoms with Crippen LogP contribution < -0.4 is 9.47 Å². The molecular formula is C28H23N7O3S. The minimum absolute atomic E-state index is 0.418. The van der Waals surface area contributed by atoms with Gasteiger partial charge in [-0.1, -0.05) is 30.0 Å². The molecule has 6 rings (SSSR count). The van der Waals surface area contributed by atoms with E-state index in [1.54, 1.807) is 26.6 Å². The molecule has 0 aliphatic rings. The fourth-order valence-electron chi connectivity index (χ4n) is 4.24. The molecule has 0 saturated heterocycles. The first-order valence-corrected chi connectivity index (χ1v) is 13.0. The van der Waals surface area contributed by atoms with E-state index in [9.17, 15) is 0 Å². The van der Waals surface area contributed by atoms with Crippen LogP contribution in [0.3, 0.4) is 0 Å². The Bertz CT molecular complexity index is 1770. The molecule has 39 heavy (non-hydrogen) atoms. The summed E-state index contributed by atoms with van der Waals surface area (Å²) in [6.45, 7) is 0. The van der Waals surface area contributed by atoms with Gasteiger partial charge in [-0.15, -0.1) is 20.4 Å². The van der Waals surface area contributed by atoms with E-state index in [1.165, 1.54) is 11.8 Å². The number of benzene rings is 2. The third-order valence-electron chi connectivity index (χ3n) is 6.19. The summed E-state index contributed by atoms with van der Waals surface area (Å²) in [5.74, 6) is 3.38. The van der Waals surface area contributed by atoms with E-state index in [4.69, 9.17) is 18.9 Å². The van der Waals surface area contributed by atoms with Crippen molar-refractivity contribution in [2.75, 3.05) is 14.2 Å². The molecule has 10 nitrogen and oxygen atoms in total. The van der Waals surface area contributed by atoms with Crippen LogP contribution in [0.5, 0.6) is 11.5 Å². The molecule has 11 heteroatoms. The molecule has 0 fully saturated rings. The molecule has 2 aromatic carbocycles. The molecule has 0 aliphatic carbocycles. The van der Waals surface area contributed by atoms with Gasteiger partial charge in [-0.3, -0.25) is 4.98 Å². The number of ether oxygens (including phenoxy) is 2. The molecule has 0 unspecified atom stereocenters. The highest BCUT2D eigenvalue weighted by Crippen LogP contribution is 2.36. The van der Waals surface area contributed by atoms with E-state index in [0.717, 1.165) is 44.3 Å². The zero-order valence-electron chi connectivity index (χ0n) is 21.4. The minimum Gasteiger partial charge on any atom is -0.493 e. The number of pyridine rings is 2. The number of nitrogens with zero attached hydrogens (tertiary/aromatic N) is 7. The second-order valence-electron chi connectivity index (χ2n) is 8.53. The van der Waals surface area contributed by atoms with Gasteiger partial charge in [0, 0.05) is 36.0 Å². The van der Waals surface area contributed by atoms with Gasteiger partial charge < -0.3 is 18.5 Å². The van der Waals surface area contributed by atoms with Crippen molar-refractivity contribution in [3.05, 3.63) is 78.9 Å². The number of aromatic nitrogens is 7. The summed E-state index contributed by atoms with van der Waals surface area (Å²) in [7, 11) is 5.15. The van der Waals surface area contributed by atoms with Gasteiger partial charge in [-0.25, -0.2) is 4.98 Å². The van der Waals surface area contributed by atoms with Gasteiger partial charge in [-0.2, -0.15) is 0 Å². The highest BCUT2D eigenvalue weighted by Gasteiger charge is 2.18. The number of fused-ring (bicyclic) bond motifs is 1. The van der Waals surface area contributed by atoms with E-state index in [0.29, 0.717) is 29.0 Å². The summed E-state index contributed by atoms with van der Waals surface area (Å²) >= 11 is 1.47. The Kier molecular flexibility index (Phi) is 6.64. The molecule has 4 aromatic heterocycles. The molecule has 194 valence electrons. The molecule has 0 radical (unpaired) electrons. The third-order valence-corrected chi connectivity index (χ3v) is 7.20. The second-order valence-corrected chi connectivity index (χ2v) is 9.48. The molecular weight excluding hydrogens is 514 g/mol. The second kappa shape index (κ2) is 10.5. The number of para-hydroxylation sites is 1. The zero-order valence-corrected chi connectivity index (χ0v) is 22.2. The first-order valence-electron chi connectivity index (χ1n) is 12.0. The third kappa shape index (κ3) is 4.79. The Hall–Kier alpha value is -4.77. The van der Waals surface area contributed by atoms with Gasteiger partial charge in [0.25, 0.3) is 0 Å². The van der Waals surface area contributed by atoms with Crippen molar-refractivity contribution in [1.82, 2.24) is 34.9 Å². The zero-order chi connectivity index (χ0) is 26.8. The highest BCUT2D eigenvalue weighted by molar-refractivity contribution is 7.98. The van der Waals surface area contributed by atoms with Gasteiger partial charge in [0.1, 0.15) is 0 Å². The van der Waals surface area contributed by atoms with Crippen molar-refractivity contribution >= 4 is 22.7 Å². The normalized spacial score (nSPS) is 11.2. The lowest BCUT2D eigenvalue weighted by Crippen LogP contribution is -1.95. The lowest BCUT2D eigenvalue weighted by atomic mass is 10.0. The fourth-order valence-corrected chi connectivity index (χ4v) is 4.98. The van der Waals surface area contributed by atoms with E-state index in [2.05, 4.69) is 25.4 Å². The van der Waals surface area contributed by atoms with Gasteiger partial charge in [-0.05, 0) is 42.5 Å². The van der Waals surface area contributed by atoms with Crippen LogP contribution in [0.25, 0.3) is 45.0 Å². The van der Waals surface area contributed by atoms with E-state index < -0.39 is 0 Å². The predicted octanol–water partition coefficient (Wildman–Crippen LogP) is 5.45. The Morgan fingerprint density at radius 3 is 2.49 bits per heavy atom. The average Bonchev–Trinajstić information content (AvgIpc) is 3.62. The maximum absolute atomic E-state index is 6.12. The van der Waals surface area contributed by atoms with Crippen LogP contribution in [-0.4, -0.2) is 49.1 Å². The van der Waals surface area contributed by atoms with Crippen LogP contribution in [-0.2, 0) is 12.8 Å². The topological polar surface area (TPSA) is 114 Å². The average molecular weight is 538 g/mol. The van der Waals surface area contributed by atoms with Crippen molar-refractivity contribution in [3.63, 3.8) is 0 Å². The first-order chi connectivity index (χ1) is 19.1. The highest BCUT2D eigenvalue weighted by atomic mass is 32.2. The Balaban J connectivity index is 1.30. The van der Waals surface area contributed by atoms with Crippen molar-refractivity contribution in [3.8, 4) is 45.6 Å². The molecule has 0 amide bonds. The van der Waals surface area contributed by atoms with E-state index in [-0.39, 0.29) is 0 Å². The summed E-state index contributed by atoms with van der Waals surface area (Å²) in [5.41, 5.74) is 4.19. The Labute approximate surface area is 228 Å². The number of methoxy groups -OCH3 is 2. The maximum Gasteiger partial charge on any atom is 0.248 e. The molecule has 0 spiro atoms. The maximum atomic E-state index is 6.12. The summed E-state index contributed by atoms with van der Waals surface area (Å²) in [4.78, 5) is 8.93. The van der Waals surface area contributed by atoms with Crippen LogP contribution >= 0.6 is 11.8 Å². The molecule has 0 atom stereocenters. The fraction of sp³-hybridized carbons (Fsp3) is 0.143. The van der Waals surface area contributed by atoms with Crippen molar-refractivity contribution in [2.45, 2.75) is 10.9 Å². The molecule has 6 aromatic rings. The van der Waals surface area contributed by atoms with E-state index >= 15 is 0 Å². The van der Waals surface area contributed by atoms with Crippen LogP contribution in [0, 0.1) is 0 Å². The van der Waals surface area contributed by atoms with Crippen LogP contribution in [0.1, 0.15) is 5.89 Å². The van der Waals surface area contributed by atoms with Crippen molar-refractivity contribution in [2.24, 2.45) is 7.05 Å². The molecule has 4 heterocycles. The largest absolute Gasteiger partial charge is 0.493 e. The smallest absolute Gasteiger partial charge is 0.248 e. The summed E-state index contributed by atoms with van der Waals surface area (Å²) in [5, 5.41) is 19.0. The summed E-state index contributed by atoms with van der Waals surface area (Å²) in [6.07, 6.45) is 3.46. The standard InChI is InChI=1S/C28H23N7O3S/c1-35-26(17-10-12-29-13-11-17)32-34-28(35)39-16-25-31-33-27(38-25)20-15-22(30-21-7-5-4-6-19(20)21)18-8-9-23(36-2)24(14-18)37-3/h4-15H,16H2,1-3H3. The minimum atomic E-state index is 0.418. The van der Waals surface area contributed by atoms with E-state index in [1.807, 2.05) is 72.3 Å². The number of thioether (sulfide) groups is 1. The van der Waals surface area contributed by atoms with Gasteiger partial charge in [0.05, 0.1) is 36.7 Å². The summed E-state index contributed by atoms with van der Waals surface area (Å²) < 4.78 is 18.9. The number of rotatable bonds is 8. The molecule has 0 aliphatic heterocycles. The van der Waals surface area contributed by atoms with Crippen LogP contribution in [0.15, 0.2) is 82.6 Å². The summed E-state index contributed by atoms with van der Waals surface area (Å²) in [6, 6.07) is 19.3. The molecule has 0 N–H and O–H groups in total. The monoisotopic (exact) mass is 537 g/mol. The Morgan fingerprint density at radius 1 is 0.846 bits per heavy atom. The van der Waals surface area contributed by atoms with Crippen molar-refractivity contribution in [1.29, 1.82) is 0 Å². The van der Waals surface area contributed by atoms with Gasteiger partial charge in [0.15, 0.2) is 22.5 Å². The lowest BCUT2D eigenvalue weighted by Gasteiger charge is -2.11. The predicted molar refractivity (Wildman–Crippen MR) is 147 cm³/mol. The Morgan fingerprint density at radius 2 is 1.67 bits per heavy atom.